The van der Waals surface area contributed by atoms with Gasteiger partial charge in [-0.1, -0.05) is 0 Å². The monoisotopic (exact) mass is 232 g/mol. The van der Waals surface area contributed by atoms with Gasteiger partial charge in [-0.15, -0.1) is 0 Å². The number of phenolic OH excluding ortho intramolecular Hbond substituents is 1. The zero-order chi connectivity index (χ0) is 11.8. The minimum Gasteiger partial charge on any atom is -0.504 e. The van der Waals surface area contributed by atoms with Crippen LogP contribution in [0.4, 0.5) is 13.2 Å². The van der Waals surface area contributed by atoms with Crippen molar-refractivity contribution in [2.45, 2.75) is 19.0 Å². The predicted octanol–water partition coefficient (Wildman–Crippen LogP) is 3.20. The quantitative estimate of drug-likeness (QED) is 0.867. The molecule has 0 heterocycles. The summed E-state index contributed by atoms with van der Waals surface area (Å²) in [6, 6.07) is 2.67. The van der Waals surface area contributed by atoms with E-state index in [4.69, 9.17) is 4.74 Å². The summed E-state index contributed by atoms with van der Waals surface area (Å²) in [5.74, 6) is 0.0734. The number of alkyl halides is 3. The van der Waals surface area contributed by atoms with Gasteiger partial charge in [0, 0.05) is 0 Å². The van der Waals surface area contributed by atoms with Gasteiger partial charge in [0.05, 0.1) is 12.2 Å². The molecule has 1 aromatic rings. The Labute approximate surface area is 90.7 Å². The molecule has 2 rings (SSSR count). The van der Waals surface area contributed by atoms with Crippen LogP contribution < -0.4 is 4.74 Å². The van der Waals surface area contributed by atoms with E-state index in [9.17, 15) is 18.3 Å². The molecule has 1 aliphatic carbocycles. The van der Waals surface area contributed by atoms with Crippen molar-refractivity contribution in [2.75, 3.05) is 6.61 Å². The van der Waals surface area contributed by atoms with Crippen LogP contribution in [-0.4, -0.2) is 11.7 Å². The Morgan fingerprint density at radius 2 is 2.00 bits per heavy atom. The Hall–Kier alpha value is -1.39. The van der Waals surface area contributed by atoms with Crippen LogP contribution in [0.3, 0.4) is 0 Å². The minimum atomic E-state index is -4.41. The second-order valence-electron chi connectivity index (χ2n) is 3.93. The SMILES string of the molecule is Oc1ccc(C(F)(F)F)cc1OCC1CC1. The summed E-state index contributed by atoms with van der Waals surface area (Å²) < 4.78 is 42.3. The molecule has 0 spiro atoms. The molecule has 1 N–H and O–H groups in total. The molecule has 0 radical (unpaired) electrons. The van der Waals surface area contributed by atoms with Gasteiger partial charge in [-0.3, -0.25) is 0 Å². The average Bonchev–Trinajstić information content (AvgIpc) is 2.98. The fourth-order valence-electron chi connectivity index (χ4n) is 1.30. The first-order chi connectivity index (χ1) is 7.47. The third kappa shape index (κ3) is 2.59. The lowest BCUT2D eigenvalue weighted by Gasteiger charge is -2.11. The highest BCUT2D eigenvalue weighted by atomic mass is 19.4. The molecule has 0 unspecified atom stereocenters. The van der Waals surface area contributed by atoms with Crippen molar-refractivity contribution in [3.63, 3.8) is 0 Å². The highest BCUT2D eigenvalue weighted by Crippen LogP contribution is 2.37. The van der Waals surface area contributed by atoms with E-state index in [-0.39, 0.29) is 11.5 Å². The van der Waals surface area contributed by atoms with E-state index in [1.807, 2.05) is 0 Å². The Morgan fingerprint density at radius 1 is 1.31 bits per heavy atom. The summed E-state index contributed by atoms with van der Waals surface area (Å²) in [5, 5.41) is 9.34. The maximum atomic E-state index is 12.4. The Kier molecular flexibility index (Phi) is 2.69. The third-order valence-corrected chi connectivity index (χ3v) is 2.46. The maximum Gasteiger partial charge on any atom is 0.416 e. The summed E-state index contributed by atoms with van der Waals surface area (Å²) >= 11 is 0. The molecule has 0 bridgehead atoms. The van der Waals surface area contributed by atoms with Gasteiger partial charge in [0.1, 0.15) is 0 Å². The van der Waals surface area contributed by atoms with Gasteiger partial charge in [-0.05, 0) is 37.0 Å². The highest BCUT2D eigenvalue weighted by molar-refractivity contribution is 5.42. The number of phenols is 1. The molecule has 0 aliphatic heterocycles. The first-order valence-corrected chi connectivity index (χ1v) is 5.00. The van der Waals surface area contributed by atoms with Crippen LogP contribution in [0, 0.1) is 5.92 Å². The number of benzene rings is 1. The lowest BCUT2D eigenvalue weighted by Crippen LogP contribution is -2.06. The van der Waals surface area contributed by atoms with Crippen LogP contribution in [0.5, 0.6) is 11.5 Å². The first kappa shape index (κ1) is 11.1. The predicted molar refractivity (Wildman–Crippen MR) is 51.3 cm³/mol. The van der Waals surface area contributed by atoms with Crippen molar-refractivity contribution in [1.82, 2.24) is 0 Å². The molecular formula is C11H11F3O2. The summed E-state index contributed by atoms with van der Waals surface area (Å²) in [6.45, 7) is 0.370. The molecule has 0 saturated heterocycles. The lowest BCUT2D eigenvalue weighted by atomic mass is 10.2. The Bertz CT molecular complexity index is 383. The van der Waals surface area contributed by atoms with E-state index in [0.29, 0.717) is 12.5 Å². The van der Waals surface area contributed by atoms with Crippen LogP contribution >= 0.6 is 0 Å². The molecule has 1 saturated carbocycles. The van der Waals surface area contributed by atoms with Gasteiger partial charge in [0.2, 0.25) is 0 Å². The number of hydrogen-bond donors (Lipinski definition) is 1. The van der Waals surface area contributed by atoms with Gasteiger partial charge < -0.3 is 9.84 Å². The van der Waals surface area contributed by atoms with E-state index in [1.54, 1.807) is 0 Å². The molecule has 88 valence electrons. The third-order valence-electron chi connectivity index (χ3n) is 2.46. The van der Waals surface area contributed by atoms with Crippen molar-refractivity contribution in [2.24, 2.45) is 5.92 Å². The summed E-state index contributed by atoms with van der Waals surface area (Å²) in [6.07, 6.45) is -2.33. The van der Waals surface area contributed by atoms with Crippen LogP contribution in [0.1, 0.15) is 18.4 Å². The fourth-order valence-corrected chi connectivity index (χ4v) is 1.30. The molecule has 1 aromatic carbocycles. The summed E-state index contributed by atoms with van der Waals surface area (Å²) in [4.78, 5) is 0. The Morgan fingerprint density at radius 3 is 2.56 bits per heavy atom. The number of aromatic hydroxyl groups is 1. The van der Waals surface area contributed by atoms with Gasteiger partial charge in [-0.25, -0.2) is 0 Å². The number of ether oxygens (including phenoxy) is 1. The maximum absolute atomic E-state index is 12.4. The number of halogens is 3. The van der Waals surface area contributed by atoms with Gasteiger partial charge in [0.25, 0.3) is 0 Å². The normalized spacial score (nSPS) is 16.2. The summed E-state index contributed by atoms with van der Waals surface area (Å²) in [5.41, 5.74) is -0.809. The first-order valence-electron chi connectivity index (χ1n) is 5.00. The molecular weight excluding hydrogens is 221 g/mol. The van der Waals surface area contributed by atoms with E-state index in [2.05, 4.69) is 0 Å². The molecule has 0 atom stereocenters. The van der Waals surface area contributed by atoms with E-state index in [0.717, 1.165) is 31.0 Å². The van der Waals surface area contributed by atoms with Gasteiger partial charge in [-0.2, -0.15) is 13.2 Å². The zero-order valence-corrected chi connectivity index (χ0v) is 8.42. The highest BCUT2D eigenvalue weighted by Gasteiger charge is 2.31. The molecule has 16 heavy (non-hydrogen) atoms. The van der Waals surface area contributed by atoms with Gasteiger partial charge >= 0.3 is 6.18 Å². The topological polar surface area (TPSA) is 29.5 Å². The molecule has 2 nitrogen and oxygen atoms in total. The Balaban J connectivity index is 2.14. The van der Waals surface area contributed by atoms with E-state index >= 15 is 0 Å². The van der Waals surface area contributed by atoms with Crippen molar-refractivity contribution in [3.05, 3.63) is 23.8 Å². The molecule has 0 aromatic heterocycles. The molecule has 5 heteroatoms. The second-order valence-corrected chi connectivity index (χ2v) is 3.93. The average molecular weight is 232 g/mol. The van der Waals surface area contributed by atoms with Crippen molar-refractivity contribution in [1.29, 1.82) is 0 Å². The van der Waals surface area contributed by atoms with Gasteiger partial charge in [0.15, 0.2) is 11.5 Å². The number of hydrogen-bond acceptors (Lipinski definition) is 2. The van der Waals surface area contributed by atoms with Crippen molar-refractivity contribution in [3.8, 4) is 11.5 Å². The summed E-state index contributed by atoms with van der Waals surface area (Å²) in [7, 11) is 0. The second kappa shape index (κ2) is 3.88. The van der Waals surface area contributed by atoms with Crippen LogP contribution in [-0.2, 0) is 6.18 Å². The molecule has 1 fully saturated rings. The lowest BCUT2D eigenvalue weighted by molar-refractivity contribution is -0.137. The largest absolute Gasteiger partial charge is 0.504 e. The van der Waals surface area contributed by atoms with Crippen molar-refractivity contribution >= 4 is 0 Å². The zero-order valence-electron chi connectivity index (χ0n) is 8.42. The number of rotatable bonds is 3. The fraction of sp³-hybridized carbons (Fsp3) is 0.455. The van der Waals surface area contributed by atoms with Crippen LogP contribution in [0.2, 0.25) is 0 Å². The molecule has 1 aliphatic rings. The van der Waals surface area contributed by atoms with E-state index < -0.39 is 11.7 Å². The van der Waals surface area contributed by atoms with E-state index in [1.165, 1.54) is 0 Å². The van der Waals surface area contributed by atoms with Crippen LogP contribution in [0.15, 0.2) is 18.2 Å². The molecule has 0 amide bonds. The van der Waals surface area contributed by atoms with Crippen molar-refractivity contribution < 1.29 is 23.0 Å². The minimum absolute atomic E-state index is 0.0956. The van der Waals surface area contributed by atoms with Crippen LogP contribution in [0.25, 0.3) is 0 Å². The smallest absolute Gasteiger partial charge is 0.416 e. The standard InChI is InChI=1S/C11H11F3O2/c12-11(13,14)8-3-4-9(15)10(5-8)16-6-7-1-2-7/h3-5,7,15H,1-2,6H2.